The highest BCUT2D eigenvalue weighted by Gasteiger charge is 2.06. The van der Waals surface area contributed by atoms with Crippen molar-refractivity contribution < 1.29 is 4.74 Å². The van der Waals surface area contributed by atoms with Crippen molar-refractivity contribution >= 4 is 0 Å². The first-order valence-electron chi connectivity index (χ1n) is 3.34. The van der Waals surface area contributed by atoms with Gasteiger partial charge in [-0.2, -0.15) is 0 Å². The van der Waals surface area contributed by atoms with Crippen molar-refractivity contribution in [1.82, 2.24) is 0 Å². The molecule has 1 saturated carbocycles. The second kappa shape index (κ2) is 3.33. The molecule has 0 heterocycles. The van der Waals surface area contributed by atoms with E-state index in [2.05, 4.69) is 12.7 Å². The average molecular weight is 124 g/mol. The summed E-state index contributed by atoms with van der Waals surface area (Å²) in [6, 6.07) is 0. The highest BCUT2D eigenvalue weighted by molar-refractivity contribution is 5.09. The van der Waals surface area contributed by atoms with Gasteiger partial charge in [0.15, 0.2) is 0 Å². The molecule has 50 valence electrons. The molecular weight excluding hydrogens is 112 g/mol. The Balaban J connectivity index is 2.07. The van der Waals surface area contributed by atoms with Crippen LogP contribution in [-0.2, 0) is 4.74 Å². The van der Waals surface area contributed by atoms with Crippen LogP contribution in [0.2, 0.25) is 0 Å². The summed E-state index contributed by atoms with van der Waals surface area (Å²) in [4.78, 5) is 0. The lowest BCUT2D eigenvalue weighted by molar-refractivity contribution is 0.289. The molecule has 0 bridgehead atoms. The Hall–Kier alpha value is -0.720. The van der Waals surface area contributed by atoms with Crippen molar-refractivity contribution in [3.05, 3.63) is 24.5 Å². The average Bonchev–Trinajstić information content (AvgIpc) is 1.76. The fourth-order valence-electron chi connectivity index (χ4n) is 0.819. The topological polar surface area (TPSA) is 9.23 Å². The number of hydrogen-bond acceptors (Lipinski definition) is 1. The first kappa shape index (κ1) is 6.40. The van der Waals surface area contributed by atoms with Crippen LogP contribution in [0.25, 0.3) is 0 Å². The Morgan fingerprint density at radius 1 is 1.56 bits per heavy atom. The van der Waals surface area contributed by atoms with Crippen LogP contribution < -0.4 is 0 Å². The zero-order valence-corrected chi connectivity index (χ0v) is 5.60. The minimum absolute atomic E-state index is 0.707. The Kier molecular flexibility index (Phi) is 2.37. The standard InChI is InChI=1S/C8H12O/c1-2-9-7-6-8-4-3-5-8/h2,6H,1,3-5,7H2. The van der Waals surface area contributed by atoms with Crippen LogP contribution in [0.5, 0.6) is 0 Å². The third kappa shape index (κ3) is 1.92. The first-order valence-corrected chi connectivity index (χ1v) is 3.34. The van der Waals surface area contributed by atoms with E-state index in [1.54, 1.807) is 0 Å². The van der Waals surface area contributed by atoms with Crippen molar-refractivity contribution in [3.63, 3.8) is 0 Å². The summed E-state index contributed by atoms with van der Waals surface area (Å²) in [6.07, 6.45) is 7.54. The SMILES string of the molecule is C=COCC=C1CCC1. The van der Waals surface area contributed by atoms with Gasteiger partial charge in [0.25, 0.3) is 0 Å². The van der Waals surface area contributed by atoms with E-state index in [1.165, 1.54) is 31.1 Å². The van der Waals surface area contributed by atoms with Gasteiger partial charge in [0.1, 0.15) is 6.61 Å². The molecule has 1 fully saturated rings. The van der Waals surface area contributed by atoms with E-state index in [-0.39, 0.29) is 0 Å². The lowest BCUT2D eigenvalue weighted by atomic mass is 9.92. The van der Waals surface area contributed by atoms with Gasteiger partial charge in [-0.25, -0.2) is 0 Å². The second-order valence-electron chi connectivity index (χ2n) is 2.22. The molecule has 1 nitrogen and oxygen atoms in total. The van der Waals surface area contributed by atoms with Gasteiger partial charge in [-0.05, 0) is 25.3 Å². The van der Waals surface area contributed by atoms with Crippen molar-refractivity contribution in [2.24, 2.45) is 0 Å². The number of ether oxygens (including phenoxy) is 1. The summed E-state index contributed by atoms with van der Waals surface area (Å²) in [5.41, 5.74) is 1.54. The molecule has 1 aliphatic carbocycles. The van der Waals surface area contributed by atoms with Crippen molar-refractivity contribution in [1.29, 1.82) is 0 Å². The molecule has 0 N–H and O–H groups in total. The van der Waals surface area contributed by atoms with E-state index < -0.39 is 0 Å². The fourth-order valence-corrected chi connectivity index (χ4v) is 0.819. The smallest absolute Gasteiger partial charge is 0.106 e. The summed E-state index contributed by atoms with van der Waals surface area (Å²) in [5, 5.41) is 0. The molecule has 0 aliphatic heterocycles. The van der Waals surface area contributed by atoms with E-state index in [4.69, 9.17) is 4.74 Å². The predicted octanol–water partition coefficient (Wildman–Crippen LogP) is 2.26. The molecule has 0 saturated heterocycles. The molecule has 1 aliphatic rings. The second-order valence-corrected chi connectivity index (χ2v) is 2.22. The van der Waals surface area contributed by atoms with Crippen LogP contribution in [0.3, 0.4) is 0 Å². The zero-order valence-electron chi connectivity index (χ0n) is 5.60. The normalized spacial score (nSPS) is 16.2. The first-order chi connectivity index (χ1) is 4.43. The third-order valence-corrected chi connectivity index (χ3v) is 1.58. The zero-order chi connectivity index (χ0) is 6.53. The molecule has 0 aromatic rings. The Morgan fingerprint density at radius 3 is 2.78 bits per heavy atom. The van der Waals surface area contributed by atoms with Gasteiger partial charge in [-0.1, -0.05) is 12.2 Å². The molecule has 0 aromatic carbocycles. The van der Waals surface area contributed by atoms with E-state index in [9.17, 15) is 0 Å². The highest BCUT2D eigenvalue weighted by Crippen LogP contribution is 2.24. The van der Waals surface area contributed by atoms with Gasteiger partial charge in [0.2, 0.25) is 0 Å². The Labute approximate surface area is 56.0 Å². The maximum atomic E-state index is 4.93. The molecule has 0 amide bonds. The van der Waals surface area contributed by atoms with Crippen LogP contribution in [-0.4, -0.2) is 6.61 Å². The van der Waals surface area contributed by atoms with E-state index in [1.807, 2.05) is 0 Å². The van der Waals surface area contributed by atoms with Gasteiger partial charge >= 0.3 is 0 Å². The van der Waals surface area contributed by atoms with Gasteiger partial charge in [-0.3, -0.25) is 0 Å². The number of rotatable bonds is 3. The molecule has 0 spiro atoms. The largest absolute Gasteiger partial charge is 0.498 e. The van der Waals surface area contributed by atoms with Crippen LogP contribution in [0.4, 0.5) is 0 Å². The Bertz CT molecular complexity index is 119. The minimum atomic E-state index is 0.707. The lowest BCUT2D eigenvalue weighted by Crippen LogP contribution is -1.97. The molecule has 0 atom stereocenters. The molecule has 0 radical (unpaired) electrons. The van der Waals surface area contributed by atoms with Crippen molar-refractivity contribution in [3.8, 4) is 0 Å². The summed E-state index contributed by atoms with van der Waals surface area (Å²) in [7, 11) is 0. The van der Waals surface area contributed by atoms with Crippen LogP contribution in [0.15, 0.2) is 24.5 Å². The van der Waals surface area contributed by atoms with E-state index in [0.717, 1.165) is 0 Å². The van der Waals surface area contributed by atoms with Gasteiger partial charge in [0.05, 0.1) is 6.26 Å². The Morgan fingerprint density at radius 2 is 2.33 bits per heavy atom. The van der Waals surface area contributed by atoms with Crippen LogP contribution in [0.1, 0.15) is 19.3 Å². The van der Waals surface area contributed by atoms with Crippen molar-refractivity contribution in [2.45, 2.75) is 19.3 Å². The molecule has 0 aromatic heterocycles. The molecular formula is C8H12O. The highest BCUT2D eigenvalue weighted by atomic mass is 16.5. The minimum Gasteiger partial charge on any atom is -0.498 e. The van der Waals surface area contributed by atoms with Gasteiger partial charge in [0, 0.05) is 0 Å². The quantitative estimate of drug-likeness (QED) is 0.318. The predicted molar refractivity (Wildman–Crippen MR) is 38.1 cm³/mol. The molecule has 1 rings (SSSR count). The summed E-state index contributed by atoms with van der Waals surface area (Å²) in [6.45, 7) is 4.16. The summed E-state index contributed by atoms with van der Waals surface area (Å²) >= 11 is 0. The molecule has 9 heavy (non-hydrogen) atoms. The molecule has 1 heteroatoms. The van der Waals surface area contributed by atoms with Gasteiger partial charge in [-0.15, -0.1) is 0 Å². The monoisotopic (exact) mass is 124 g/mol. The van der Waals surface area contributed by atoms with E-state index in [0.29, 0.717) is 6.61 Å². The maximum absolute atomic E-state index is 4.93. The lowest BCUT2D eigenvalue weighted by Gasteiger charge is -2.15. The number of allylic oxidation sites excluding steroid dienone is 1. The summed E-state index contributed by atoms with van der Waals surface area (Å²) in [5.74, 6) is 0. The third-order valence-electron chi connectivity index (χ3n) is 1.58. The van der Waals surface area contributed by atoms with Crippen LogP contribution in [0, 0.1) is 0 Å². The number of hydrogen-bond donors (Lipinski definition) is 0. The maximum Gasteiger partial charge on any atom is 0.106 e. The molecule has 0 unspecified atom stereocenters. The van der Waals surface area contributed by atoms with E-state index >= 15 is 0 Å². The van der Waals surface area contributed by atoms with Crippen molar-refractivity contribution in [2.75, 3.05) is 6.61 Å². The van der Waals surface area contributed by atoms with Gasteiger partial charge < -0.3 is 4.74 Å². The fraction of sp³-hybridized carbons (Fsp3) is 0.500. The summed E-state index contributed by atoms with van der Waals surface area (Å²) < 4.78 is 4.93. The van der Waals surface area contributed by atoms with Crippen LogP contribution >= 0.6 is 0 Å².